The fourth-order valence-electron chi connectivity index (χ4n) is 1.62. The molecule has 6 heteroatoms. The van der Waals surface area contributed by atoms with Gasteiger partial charge in [-0.05, 0) is 5.56 Å². The summed E-state index contributed by atoms with van der Waals surface area (Å²) in [6.45, 7) is 0. The van der Waals surface area contributed by atoms with Crippen LogP contribution < -0.4 is 5.32 Å². The molecular weight excluding hydrogens is 291 g/mol. The number of halogens is 4. The van der Waals surface area contributed by atoms with Crippen LogP contribution in [0.3, 0.4) is 0 Å². The molecule has 0 radical (unpaired) electrons. The number of nitrogens with one attached hydrogen (secondary N) is 1. The topological polar surface area (TPSA) is 29.1 Å². The average Bonchev–Trinajstić information content (AvgIpc) is 2.44. The third kappa shape index (κ3) is 3.11. The third-order valence-electron chi connectivity index (χ3n) is 2.57. The Morgan fingerprint density at radius 3 is 2.40 bits per heavy atom. The van der Waals surface area contributed by atoms with E-state index in [1.807, 2.05) is 0 Å². The van der Waals surface area contributed by atoms with E-state index in [2.05, 4.69) is 5.32 Å². The van der Waals surface area contributed by atoms with Gasteiger partial charge in [-0.25, -0.2) is 13.2 Å². The van der Waals surface area contributed by atoms with Gasteiger partial charge in [0, 0.05) is 12.1 Å². The van der Waals surface area contributed by atoms with Gasteiger partial charge in [-0.2, -0.15) is 0 Å². The fraction of sp³-hybridized carbons (Fsp3) is 0.0714. The van der Waals surface area contributed by atoms with Crippen molar-refractivity contribution in [2.45, 2.75) is 5.38 Å². The first kappa shape index (κ1) is 14.4. The van der Waals surface area contributed by atoms with Gasteiger partial charge in [0.15, 0.2) is 11.6 Å². The van der Waals surface area contributed by atoms with Crippen molar-refractivity contribution in [2.24, 2.45) is 0 Å². The van der Waals surface area contributed by atoms with Gasteiger partial charge in [-0.15, -0.1) is 11.6 Å². The second-order valence-corrected chi connectivity index (χ2v) is 4.45. The molecule has 0 aliphatic rings. The number of alkyl halides is 1. The largest absolute Gasteiger partial charge is 0.322 e. The molecule has 0 spiro atoms. The number of amides is 1. The van der Waals surface area contributed by atoms with E-state index in [1.165, 1.54) is 0 Å². The molecule has 0 aliphatic heterocycles. The van der Waals surface area contributed by atoms with Crippen LogP contribution in [0.5, 0.6) is 0 Å². The summed E-state index contributed by atoms with van der Waals surface area (Å²) in [7, 11) is 0. The van der Waals surface area contributed by atoms with Crippen molar-refractivity contribution < 1.29 is 18.0 Å². The lowest BCUT2D eigenvalue weighted by molar-refractivity contribution is -0.116. The van der Waals surface area contributed by atoms with Crippen molar-refractivity contribution in [3.63, 3.8) is 0 Å². The standard InChI is InChI=1S/C14H9ClF3NO/c15-12(8-4-2-1-3-5-8)14(20)19-11-7-9(16)6-10(17)13(11)18/h1-7,12H,(H,19,20). The van der Waals surface area contributed by atoms with Crippen molar-refractivity contribution >= 4 is 23.2 Å². The number of hydrogen-bond acceptors (Lipinski definition) is 1. The van der Waals surface area contributed by atoms with Gasteiger partial charge in [-0.3, -0.25) is 4.79 Å². The van der Waals surface area contributed by atoms with E-state index in [4.69, 9.17) is 11.6 Å². The zero-order chi connectivity index (χ0) is 14.7. The first-order valence-corrected chi connectivity index (χ1v) is 6.07. The molecule has 1 atom stereocenters. The van der Waals surface area contributed by atoms with Crippen LogP contribution in [0.2, 0.25) is 0 Å². The number of anilines is 1. The highest BCUT2D eigenvalue weighted by molar-refractivity contribution is 6.32. The smallest absolute Gasteiger partial charge is 0.247 e. The minimum Gasteiger partial charge on any atom is -0.322 e. The number of rotatable bonds is 3. The van der Waals surface area contributed by atoms with Crippen LogP contribution in [-0.4, -0.2) is 5.91 Å². The number of hydrogen-bond donors (Lipinski definition) is 1. The molecular formula is C14H9ClF3NO. The maximum absolute atomic E-state index is 13.4. The Morgan fingerprint density at radius 1 is 1.10 bits per heavy atom. The van der Waals surface area contributed by atoms with Crippen LogP contribution in [0.15, 0.2) is 42.5 Å². The van der Waals surface area contributed by atoms with E-state index in [9.17, 15) is 18.0 Å². The van der Waals surface area contributed by atoms with Gasteiger partial charge in [0.2, 0.25) is 5.91 Å². The van der Waals surface area contributed by atoms with Crippen LogP contribution in [-0.2, 0) is 4.79 Å². The molecule has 2 aromatic rings. The van der Waals surface area contributed by atoms with E-state index in [-0.39, 0.29) is 0 Å². The van der Waals surface area contributed by atoms with Crippen molar-refractivity contribution in [3.05, 3.63) is 65.5 Å². The SMILES string of the molecule is O=C(Nc1cc(F)cc(F)c1F)C(Cl)c1ccccc1. The van der Waals surface area contributed by atoms with Crippen molar-refractivity contribution in [3.8, 4) is 0 Å². The Morgan fingerprint density at radius 2 is 1.75 bits per heavy atom. The summed E-state index contributed by atoms with van der Waals surface area (Å²) in [5.74, 6) is -4.49. The van der Waals surface area contributed by atoms with E-state index in [0.717, 1.165) is 0 Å². The fourth-order valence-corrected chi connectivity index (χ4v) is 1.82. The van der Waals surface area contributed by atoms with Crippen molar-refractivity contribution in [1.29, 1.82) is 0 Å². The third-order valence-corrected chi connectivity index (χ3v) is 3.02. The summed E-state index contributed by atoms with van der Waals surface area (Å²) in [6.07, 6.45) is 0. The first-order valence-electron chi connectivity index (χ1n) is 5.63. The van der Waals surface area contributed by atoms with Crippen LogP contribution in [0, 0.1) is 17.5 Å². The van der Waals surface area contributed by atoms with Crippen molar-refractivity contribution in [1.82, 2.24) is 0 Å². The molecule has 0 heterocycles. The Bertz CT molecular complexity index is 634. The molecule has 2 nitrogen and oxygen atoms in total. The molecule has 1 N–H and O–H groups in total. The predicted molar refractivity (Wildman–Crippen MR) is 70.0 cm³/mol. The van der Waals surface area contributed by atoms with Gasteiger partial charge in [0.1, 0.15) is 11.2 Å². The molecule has 2 aromatic carbocycles. The minimum absolute atomic E-state index is 0.389. The minimum atomic E-state index is -1.38. The lowest BCUT2D eigenvalue weighted by Gasteiger charge is -2.11. The quantitative estimate of drug-likeness (QED) is 0.673. The van der Waals surface area contributed by atoms with E-state index < -0.39 is 34.4 Å². The van der Waals surface area contributed by atoms with Gasteiger partial charge in [-0.1, -0.05) is 30.3 Å². The lowest BCUT2D eigenvalue weighted by atomic mass is 10.1. The second-order valence-electron chi connectivity index (χ2n) is 4.01. The Labute approximate surface area is 118 Å². The highest BCUT2D eigenvalue weighted by Gasteiger charge is 2.20. The number of carbonyl (C=O) groups excluding carboxylic acids is 1. The summed E-state index contributed by atoms with van der Waals surface area (Å²) in [5, 5.41) is 0.969. The molecule has 20 heavy (non-hydrogen) atoms. The van der Waals surface area contributed by atoms with Crippen LogP contribution in [0.25, 0.3) is 0 Å². The lowest BCUT2D eigenvalue weighted by Crippen LogP contribution is -2.18. The molecule has 104 valence electrons. The second kappa shape index (κ2) is 5.96. The average molecular weight is 300 g/mol. The molecule has 1 amide bonds. The molecule has 0 saturated heterocycles. The summed E-state index contributed by atoms with van der Waals surface area (Å²) >= 11 is 5.92. The zero-order valence-corrected chi connectivity index (χ0v) is 10.8. The molecule has 0 fully saturated rings. The van der Waals surface area contributed by atoms with Crippen LogP contribution in [0.1, 0.15) is 10.9 Å². The molecule has 0 aliphatic carbocycles. The number of benzene rings is 2. The molecule has 0 saturated carbocycles. The first-order chi connectivity index (χ1) is 9.49. The van der Waals surface area contributed by atoms with Gasteiger partial charge >= 0.3 is 0 Å². The maximum atomic E-state index is 13.4. The summed E-state index contributed by atoms with van der Waals surface area (Å²) in [4.78, 5) is 11.8. The summed E-state index contributed by atoms with van der Waals surface area (Å²) in [6, 6.07) is 9.40. The molecule has 0 aromatic heterocycles. The van der Waals surface area contributed by atoms with Gasteiger partial charge in [0.25, 0.3) is 0 Å². The van der Waals surface area contributed by atoms with E-state index in [0.29, 0.717) is 17.7 Å². The van der Waals surface area contributed by atoms with Crippen LogP contribution in [0.4, 0.5) is 18.9 Å². The Balaban J connectivity index is 2.20. The Kier molecular flexibility index (Phi) is 4.29. The summed E-state index contributed by atoms with van der Waals surface area (Å²) < 4.78 is 39.4. The highest BCUT2D eigenvalue weighted by Crippen LogP contribution is 2.24. The summed E-state index contributed by atoms with van der Waals surface area (Å²) in [5.41, 5.74) is -0.0990. The Hall–Kier alpha value is -2.01. The molecule has 2 rings (SSSR count). The molecule has 1 unspecified atom stereocenters. The predicted octanol–water partition coefficient (Wildman–Crippen LogP) is 4.02. The monoisotopic (exact) mass is 299 g/mol. The normalized spacial score (nSPS) is 12.0. The van der Waals surface area contributed by atoms with E-state index in [1.54, 1.807) is 30.3 Å². The van der Waals surface area contributed by atoms with Crippen molar-refractivity contribution in [2.75, 3.05) is 5.32 Å². The van der Waals surface area contributed by atoms with Gasteiger partial charge in [0.05, 0.1) is 5.69 Å². The van der Waals surface area contributed by atoms with Crippen LogP contribution >= 0.6 is 11.6 Å². The number of carbonyl (C=O) groups is 1. The molecule has 0 bridgehead atoms. The van der Waals surface area contributed by atoms with Gasteiger partial charge < -0.3 is 5.32 Å². The maximum Gasteiger partial charge on any atom is 0.247 e. The van der Waals surface area contributed by atoms with E-state index >= 15 is 0 Å². The highest BCUT2D eigenvalue weighted by atomic mass is 35.5. The zero-order valence-electron chi connectivity index (χ0n) is 10.0.